The van der Waals surface area contributed by atoms with Gasteiger partial charge in [-0.15, -0.1) is 0 Å². The zero-order chi connectivity index (χ0) is 12.0. The zero-order valence-corrected chi connectivity index (χ0v) is 10.1. The van der Waals surface area contributed by atoms with Crippen LogP contribution in [-0.2, 0) is 6.54 Å². The van der Waals surface area contributed by atoms with Crippen LogP contribution in [0.5, 0.6) is 0 Å². The van der Waals surface area contributed by atoms with Crippen molar-refractivity contribution in [3.63, 3.8) is 0 Å². The minimum Gasteiger partial charge on any atom is -0.330 e. The van der Waals surface area contributed by atoms with Crippen molar-refractivity contribution in [2.75, 3.05) is 6.54 Å². The maximum atomic E-state index is 11.3. The molecule has 0 saturated carbocycles. The van der Waals surface area contributed by atoms with Gasteiger partial charge in [-0.05, 0) is 30.9 Å². The standard InChI is InChI=1S/C12H21N3O/c1-12(2,10-13)6-3-4-8-15-9-5-7-14-11(15)16/h5,7,9H,3-4,6,8,10,13H2,1-2H3. The summed E-state index contributed by atoms with van der Waals surface area (Å²) in [5.41, 5.74) is 5.70. The SMILES string of the molecule is CC(C)(CN)CCCCn1cccnc1=O. The summed E-state index contributed by atoms with van der Waals surface area (Å²) in [5, 5.41) is 0. The molecule has 4 nitrogen and oxygen atoms in total. The van der Waals surface area contributed by atoms with Crippen LogP contribution in [0.4, 0.5) is 0 Å². The van der Waals surface area contributed by atoms with E-state index in [-0.39, 0.29) is 11.1 Å². The Balaban J connectivity index is 2.32. The van der Waals surface area contributed by atoms with Crippen molar-refractivity contribution in [1.29, 1.82) is 0 Å². The van der Waals surface area contributed by atoms with Gasteiger partial charge in [0.15, 0.2) is 0 Å². The highest BCUT2D eigenvalue weighted by molar-refractivity contribution is 4.80. The van der Waals surface area contributed by atoms with Gasteiger partial charge in [0.1, 0.15) is 0 Å². The minimum absolute atomic E-state index is 0.166. The summed E-state index contributed by atoms with van der Waals surface area (Å²) < 4.78 is 1.65. The molecule has 90 valence electrons. The third-order valence-corrected chi connectivity index (χ3v) is 2.84. The highest BCUT2D eigenvalue weighted by Gasteiger charge is 2.14. The lowest BCUT2D eigenvalue weighted by molar-refractivity contribution is 0.328. The fraction of sp³-hybridized carbons (Fsp3) is 0.667. The van der Waals surface area contributed by atoms with Crippen LogP contribution in [0.2, 0.25) is 0 Å². The first kappa shape index (κ1) is 12.9. The molecule has 0 aliphatic carbocycles. The Bertz CT molecular complexity index is 371. The molecule has 2 N–H and O–H groups in total. The molecule has 0 atom stereocenters. The predicted octanol–water partition coefficient (Wildman–Crippen LogP) is 1.40. The highest BCUT2D eigenvalue weighted by atomic mass is 16.1. The van der Waals surface area contributed by atoms with Crippen LogP contribution >= 0.6 is 0 Å². The van der Waals surface area contributed by atoms with E-state index in [0.29, 0.717) is 6.54 Å². The van der Waals surface area contributed by atoms with E-state index in [9.17, 15) is 4.79 Å². The summed E-state index contributed by atoms with van der Waals surface area (Å²) in [7, 11) is 0. The van der Waals surface area contributed by atoms with E-state index in [0.717, 1.165) is 25.8 Å². The molecule has 16 heavy (non-hydrogen) atoms. The second-order valence-electron chi connectivity index (χ2n) is 4.92. The van der Waals surface area contributed by atoms with Gasteiger partial charge >= 0.3 is 5.69 Å². The van der Waals surface area contributed by atoms with E-state index in [4.69, 9.17) is 5.73 Å². The van der Waals surface area contributed by atoms with Crippen LogP contribution in [-0.4, -0.2) is 16.1 Å². The molecule has 1 aromatic rings. The van der Waals surface area contributed by atoms with Gasteiger partial charge in [0, 0.05) is 18.9 Å². The molecule has 0 aliphatic heterocycles. The predicted molar refractivity (Wildman–Crippen MR) is 65.2 cm³/mol. The van der Waals surface area contributed by atoms with Gasteiger partial charge < -0.3 is 5.73 Å². The van der Waals surface area contributed by atoms with Crippen molar-refractivity contribution in [3.8, 4) is 0 Å². The third-order valence-electron chi connectivity index (χ3n) is 2.84. The lowest BCUT2D eigenvalue weighted by Gasteiger charge is -2.21. The van der Waals surface area contributed by atoms with Crippen LogP contribution in [0.25, 0.3) is 0 Å². The maximum absolute atomic E-state index is 11.3. The lowest BCUT2D eigenvalue weighted by atomic mass is 9.87. The number of hydrogen-bond acceptors (Lipinski definition) is 3. The average Bonchev–Trinajstić information content (AvgIpc) is 2.27. The second-order valence-corrected chi connectivity index (χ2v) is 4.92. The van der Waals surface area contributed by atoms with Gasteiger partial charge in [-0.3, -0.25) is 4.57 Å². The average molecular weight is 223 g/mol. The summed E-state index contributed by atoms with van der Waals surface area (Å²) in [5.74, 6) is 0. The molecule has 0 saturated heterocycles. The smallest absolute Gasteiger partial charge is 0.330 e. The molecular formula is C12H21N3O. The van der Waals surface area contributed by atoms with Crippen molar-refractivity contribution in [1.82, 2.24) is 9.55 Å². The first-order chi connectivity index (χ1) is 7.55. The fourth-order valence-electron chi connectivity index (χ4n) is 1.55. The lowest BCUT2D eigenvalue weighted by Crippen LogP contribution is -2.24. The fourth-order valence-corrected chi connectivity index (χ4v) is 1.55. The minimum atomic E-state index is -0.166. The Labute approximate surface area is 96.5 Å². The quantitative estimate of drug-likeness (QED) is 0.741. The van der Waals surface area contributed by atoms with Crippen LogP contribution < -0.4 is 11.4 Å². The first-order valence-corrected chi connectivity index (χ1v) is 5.77. The maximum Gasteiger partial charge on any atom is 0.347 e. The molecule has 0 spiro atoms. The van der Waals surface area contributed by atoms with Crippen molar-refractivity contribution in [3.05, 3.63) is 28.9 Å². The molecule has 1 heterocycles. The molecule has 0 radical (unpaired) electrons. The Kier molecular flexibility index (Phi) is 4.68. The summed E-state index contributed by atoms with van der Waals surface area (Å²) in [4.78, 5) is 15.0. The van der Waals surface area contributed by atoms with Gasteiger partial charge in [-0.25, -0.2) is 9.78 Å². The number of nitrogens with two attached hydrogens (primary N) is 1. The number of aromatic nitrogens is 2. The van der Waals surface area contributed by atoms with Gasteiger partial charge in [0.2, 0.25) is 0 Å². The van der Waals surface area contributed by atoms with E-state index < -0.39 is 0 Å². The zero-order valence-electron chi connectivity index (χ0n) is 10.1. The molecule has 0 aliphatic rings. The number of hydrogen-bond donors (Lipinski definition) is 1. The molecule has 1 rings (SSSR count). The van der Waals surface area contributed by atoms with Crippen molar-refractivity contribution in [2.24, 2.45) is 11.1 Å². The van der Waals surface area contributed by atoms with Gasteiger partial charge in [0.05, 0.1) is 0 Å². The summed E-state index contributed by atoms with van der Waals surface area (Å²) in [6, 6.07) is 1.78. The molecule has 0 amide bonds. The van der Waals surface area contributed by atoms with Gasteiger partial charge in [0.25, 0.3) is 0 Å². The molecule has 4 heteroatoms. The van der Waals surface area contributed by atoms with Crippen LogP contribution in [0.1, 0.15) is 33.1 Å². The van der Waals surface area contributed by atoms with Crippen LogP contribution in [0.3, 0.4) is 0 Å². The third kappa shape index (κ3) is 4.14. The second kappa shape index (κ2) is 5.80. The summed E-state index contributed by atoms with van der Waals surface area (Å²) >= 11 is 0. The Morgan fingerprint density at radius 2 is 2.19 bits per heavy atom. The van der Waals surface area contributed by atoms with Crippen LogP contribution in [0, 0.1) is 5.41 Å². The van der Waals surface area contributed by atoms with Crippen molar-refractivity contribution in [2.45, 2.75) is 39.7 Å². The van der Waals surface area contributed by atoms with Crippen molar-refractivity contribution >= 4 is 0 Å². The molecule has 1 aromatic heterocycles. The van der Waals surface area contributed by atoms with E-state index >= 15 is 0 Å². The largest absolute Gasteiger partial charge is 0.347 e. The monoisotopic (exact) mass is 223 g/mol. The Hall–Kier alpha value is -1.16. The number of nitrogens with zero attached hydrogens (tertiary/aromatic N) is 2. The first-order valence-electron chi connectivity index (χ1n) is 5.77. The highest BCUT2D eigenvalue weighted by Crippen LogP contribution is 2.21. The van der Waals surface area contributed by atoms with Gasteiger partial charge in [-0.1, -0.05) is 20.3 Å². The molecular weight excluding hydrogens is 202 g/mol. The van der Waals surface area contributed by atoms with Crippen molar-refractivity contribution < 1.29 is 0 Å². The van der Waals surface area contributed by atoms with E-state index in [1.165, 1.54) is 6.20 Å². The van der Waals surface area contributed by atoms with Gasteiger partial charge in [-0.2, -0.15) is 0 Å². The van der Waals surface area contributed by atoms with E-state index in [1.807, 2.05) is 0 Å². The van der Waals surface area contributed by atoms with Crippen LogP contribution in [0.15, 0.2) is 23.3 Å². The summed E-state index contributed by atoms with van der Waals surface area (Å²) in [6.45, 7) is 5.79. The van der Waals surface area contributed by atoms with E-state index in [1.54, 1.807) is 16.8 Å². The number of aryl methyl sites for hydroxylation is 1. The molecule has 0 unspecified atom stereocenters. The normalized spacial score (nSPS) is 11.7. The Morgan fingerprint density at radius 1 is 1.44 bits per heavy atom. The topological polar surface area (TPSA) is 60.9 Å². The number of unbranched alkanes of at least 4 members (excludes halogenated alkanes) is 1. The molecule has 0 aromatic carbocycles. The number of rotatable bonds is 6. The molecule has 0 bridgehead atoms. The Morgan fingerprint density at radius 3 is 2.81 bits per heavy atom. The van der Waals surface area contributed by atoms with E-state index in [2.05, 4.69) is 18.8 Å². The molecule has 0 fully saturated rings. The summed E-state index contributed by atoms with van der Waals surface area (Å²) in [6.07, 6.45) is 6.48.